The highest BCUT2D eigenvalue weighted by molar-refractivity contribution is 5.98. The lowest BCUT2D eigenvalue weighted by atomic mass is 10.1. The van der Waals surface area contributed by atoms with E-state index in [1.165, 1.54) is 5.56 Å². The summed E-state index contributed by atoms with van der Waals surface area (Å²) in [4.78, 5) is 12.1. The van der Waals surface area contributed by atoms with Crippen molar-refractivity contribution in [3.05, 3.63) is 71.8 Å². The Hall–Kier alpha value is -2.42. The quantitative estimate of drug-likeness (QED) is 0.436. The zero-order chi connectivity index (χ0) is 15.8. The first-order valence-electron chi connectivity index (χ1n) is 7.52. The Kier molecular flexibility index (Phi) is 5.90. The molecule has 0 spiro atoms. The standard InChI is InChI=1S/C19H22N2O/c1-16(13-14-19(22)18-11-7-4-8-12-18)20-21(2)15-17-9-5-3-6-10-17/h3-12H,13-15H2,1-2H3. The molecule has 0 aliphatic heterocycles. The first-order chi connectivity index (χ1) is 10.6. The summed E-state index contributed by atoms with van der Waals surface area (Å²) in [7, 11) is 1.95. The number of hydrogen-bond acceptors (Lipinski definition) is 3. The second-order valence-electron chi connectivity index (χ2n) is 5.43. The summed E-state index contributed by atoms with van der Waals surface area (Å²) < 4.78 is 0. The maximum atomic E-state index is 12.1. The van der Waals surface area contributed by atoms with Gasteiger partial charge in [-0.25, -0.2) is 0 Å². The monoisotopic (exact) mass is 294 g/mol. The molecule has 0 unspecified atom stereocenters. The van der Waals surface area contributed by atoms with Crippen LogP contribution in [0.3, 0.4) is 0 Å². The first kappa shape index (κ1) is 16.0. The van der Waals surface area contributed by atoms with Crippen molar-refractivity contribution in [2.45, 2.75) is 26.3 Å². The number of nitrogens with zero attached hydrogens (tertiary/aromatic N) is 2. The van der Waals surface area contributed by atoms with E-state index in [-0.39, 0.29) is 5.78 Å². The van der Waals surface area contributed by atoms with Crippen LogP contribution in [0, 0.1) is 0 Å². The van der Waals surface area contributed by atoms with Gasteiger partial charge >= 0.3 is 0 Å². The Bertz CT molecular complexity index is 620. The van der Waals surface area contributed by atoms with Crippen LogP contribution in [0.2, 0.25) is 0 Å². The fraction of sp³-hybridized carbons (Fsp3) is 0.263. The van der Waals surface area contributed by atoms with Crippen LogP contribution in [0.25, 0.3) is 0 Å². The molecule has 0 bridgehead atoms. The van der Waals surface area contributed by atoms with Gasteiger partial charge in [0.25, 0.3) is 0 Å². The molecule has 22 heavy (non-hydrogen) atoms. The molecule has 0 fully saturated rings. The zero-order valence-corrected chi connectivity index (χ0v) is 13.2. The van der Waals surface area contributed by atoms with E-state index in [2.05, 4.69) is 17.2 Å². The SMILES string of the molecule is CC(CCC(=O)c1ccccc1)=NN(C)Cc1ccccc1. The van der Waals surface area contributed by atoms with E-state index in [0.717, 1.165) is 17.8 Å². The van der Waals surface area contributed by atoms with Crippen LogP contribution < -0.4 is 0 Å². The van der Waals surface area contributed by atoms with Crippen molar-refractivity contribution in [2.75, 3.05) is 7.05 Å². The van der Waals surface area contributed by atoms with E-state index in [1.54, 1.807) is 0 Å². The van der Waals surface area contributed by atoms with Gasteiger partial charge in [-0.05, 0) is 18.9 Å². The molecule has 114 valence electrons. The van der Waals surface area contributed by atoms with Crippen LogP contribution >= 0.6 is 0 Å². The van der Waals surface area contributed by atoms with Gasteiger partial charge in [0.15, 0.2) is 5.78 Å². The maximum absolute atomic E-state index is 12.1. The molecule has 3 nitrogen and oxygen atoms in total. The van der Waals surface area contributed by atoms with Crippen molar-refractivity contribution in [1.29, 1.82) is 0 Å². The highest BCUT2D eigenvalue weighted by Crippen LogP contribution is 2.07. The number of hydrogen-bond donors (Lipinski definition) is 0. The molecule has 0 saturated heterocycles. The lowest BCUT2D eigenvalue weighted by molar-refractivity contribution is 0.0984. The smallest absolute Gasteiger partial charge is 0.163 e. The molecule has 0 aliphatic rings. The minimum atomic E-state index is 0.167. The number of hydrazone groups is 1. The number of benzene rings is 2. The largest absolute Gasteiger partial charge is 0.296 e. The number of ketones is 1. The minimum absolute atomic E-state index is 0.167. The van der Waals surface area contributed by atoms with E-state index >= 15 is 0 Å². The summed E-state index contributed by atoms with van der Waals surface area (Å²) in [5.41, 5.74) is 2.97. The van der Waals surface area contributed by atoms with Crippen LogP contribution in [-0.4, -0.2) is 23.6 Å². The van der Waals surface area contributed by atoms with Crippen molar-refractivity contribution in [3.63, 3.8) is 0 Å². The summed E-state index contributed by atoms with van der Waals surface area (Å²) >= 11 is 0. The van der Waals surface area contributed by atoms with Crippen LogP contribution in [0.15, 0.2) is 65.8 Å². The first-order valence-corrected chi connectivity index (χ1v) is 7.52. The molecule has 0 saturated carbocycles. The molecule has 0 atom stereocenters. The van der Waals surface area contributed by atoms with Gasteiger partial charge < -0.3 is 0 Å². The molecule has 0 aliphatic carbocycles. The fourth-order valence-electron chi connectivity index (χ4n) is 2.29. The van der Waals surface area contributed by atoms with Crippen molar-refractivity contribution in [2.24, 2.45) is 5.10 Å². The van der Waals surface area contributed by atoms with E-state index in [0.29, 0.717) is 12.8 Å². The molecule has 0 heterocycles. The Morgan fingerprint density at radius 3 is 2.18 bits per heavy atom. The van der Waals surface area contributed by atoms with E-state index in [9.17, 15) is 4.79 Å². The summed E-state index contributed by atoms with van der Waals surface area (Å²) in [6, 6.07) is 19.6. The Morgan fingerprint density at radius 1 is 0.955 bits per heavy atom. The molecular weight excluding hydrogens is 272 g/mol. The molecule has 2 aromatic carbocycles. The zero-order valence-electron chi connectivity index (χ0n) is 13.2. The Labute approximate surface area is 132 Å². The lowest BCUT2D eigenvalue weighted by Crippen LogP contribution is -2.13. The number of Topliss-reactive ketones (excluding diaryl/α,β-unsaturated/α-hetero) is 1. The van der Waals surface area contributed by atoms with Crippen LogP contribution in [0.4, 0.5) is 0 Å². The van der Waals surface area contributed by atoms with E-state index in [4.69, 9.17) is 0 Å². The molecule has 2 rings (SSSR count). The van der Waals surface area contributed by atoms with Crippen LogP contribution in [0.5, 0.6) is 0 Å². The molecule has 3 heteroatoms. The summed E-state index contributed by atoms with van der Waals surface area (Å²) in [6.07, 6.45) is 1.19. The summed E-state index contributed by atoms with van der Waals surface area (Å²) in [5.74, 6) is 0.167. The van der Waals surface area contributed by atoms with Gasteiger partial charge in [-0.2, -0.15) is 5.10 Å². The number of carbonyl (C=O) groups is 1. The fourth-order valence-corrected chi connectivity index (χ4v) is 2.29. The van der Waals surface area contributed by atoms with Crippen molar-refractivity contribution >= 4 is 11.5 Å². The highest BCUT2D eigenvalue weighted by Gasteiger charge is 2.06. The second kappa shape index (κ2) is 8.13. The van der Waals surface area contributed by atoms with Gasteiger partial charge in [0.1, 0.15) is 0 Å². The van der Waals surface area contributed by atoms with Crippen LogP contribution in [-0.2, 0) is 6.54 Å². The van der Waals surface area contributed by atoms with Gasteiger partial charge in [0, 0.05) is 24.7 Å². The van der Waals surface area contributed by atoms with Gasteiger partial charge in [0.05, 0.1) is 6.54 Å². The summed E-state index contributed by atoms with van der Waals surface area (Å²) in [6.45, 7) is 2.74. The summed E-state index contributed by atoms with van der Waals surface area (Å²) in [5, 5.41) is 6.45. The third-order valence-corrected chi connectivity index (χ3v) is 3.41. The van der Waals surface area contributed by atoms with Gasteiger partial charge in [-0.3, -0.25) is 9.80 Å². The normalized spacial score (nSPS) is 11.3. The molecule has 2 aromatic rings. The van der Waals surface area contributed by atoms with Gasteiger partial charge in [-0.1, -0.05) is 60.7 Å². The lowest BCUT2D eigenvalue weighted by Gasteiger charge is -2.14. The maximum Gasteiger partial charge on any atom is 0.163 e. The highest BCUT2D eigenvalue weighted by atomic mass is 16.1. The van der Waals surface area contributed by atoms with Gasteiger partial charge in [0.2, 0.25) is 0 Å². The predicted octanol–water partition coefficient (Wildman–Crippen LogP) is 4.16. The minimum Gasteiger partial charge on any atom is -0.296 e. The molecule has 0 radical (unpaired) electrons. The topological polar surface area (TPSA) is 32.7 Å². The second-order valence-corrected chi connectivity index (χ2v) is 5.43. The molecular formula is C19H22N2O. The average molecular weight is 294 g/mol. The van der Waals surface area contributed by atoms with Crippen molar-refractivity contribution < 1.29 is 4.79 Å². The molecule has 0 N–H and O–H groups in total. The van der Waals surface area contributed by atoms with Crippen molar-refractivity contribution in [1.82, 2.24) is 5.01 Å². The van der Waals surface area contributed by atoms with Crippen molar-refractivity contribution in [3.8, 4) is 0 Å². The molecule has 0 amide bonds. The molecule has 0 aromatic heterocycles. The van der Waals surface area contributed by atoms with E-state index in [1.807, 2.05) is 67.5 Å². The van der Waals surface area contributed by atoms with Gasteiger partial charge in [-0.15, -0.1) is 0 Å². The number of carbonyl (C=O) groups excluding carboxylic acids is 1. The Morgan fingerprint density at radius 2 is 1.55 bits per heavy atom. The van der Waals surface area contributed by atoms with E-state index < -0.39 is 0 Å². The third-order valence-electron chi connectivity index (χ3n) is 3.41. The predicted molar refractivity (Wildman–Crippen MR) is 91.0 cm³/mol. The third kappa shape index (κ3) is 5.17. The average Bonchev–Trinajstić information content (AvgIpc) is 2.54. The Balaban J connectivity index is 1.83. The van der Waals surface area contributed by atoms with Crippen LogP contribution in [0.1, 0.15) is 35.7 Å². The number of rotatable bonds is 7.